The normalized spacial score (nSPS) is 10.7. The molecule has 2 aromatic carbocycles. The van der Waals surface area contributed by atoms with Gasteiger partial charge in [-0.05, 0) is 48.5 Å². The van der Waals surface area contributed by atoms with Gasteiger partial charge < -0.3 is 20.6 Å². The molecular formula is C28H21F2N7O5. The Bertz CT molecular complexity index is 2040. The van der Waals surface area contributed by atoms with Gasteiger partial charge in [0.1, 0.15) is 16.9 Å². The fraction of sp³-hybridized carbons (Fsp3) is 0.0357. The van der Waals surface area contributed by atoms with Gasteiger partial charge in [0.15, 0.2) is 17.3 Å². The van der Waals surface area contributed by atoms with Crippen LogP contribution in [0, 0.1) is 11.6 Å². The Morgan fingerprint density at radius 3 is 2.40 bits per heavy atom. The summed E-state index contributed by atoms with van der Waals surface area (Å²) < 4.78 is 36.6. The molecule has 0 amide bonds. The van der Waals surface area contributed by atoms with Gasteiger partial charge >= 0.3 is 11.7 Å². The maximum atomic E-state index is 14.0. The van der Waals surface area contributed by atoms with E-state index in [1.807, 2.05) is 25.5 Å². The summed E-state index contributed by atoms with van der Waals surface area (Å²) in [6, 6.07) is 12.5. The van der Waals surface area contributed by atoms with Gasteiger partial charge in [0.05, 0.1) is 18.1 Å². The van der Waals surface area contributed by atoms with Crippen LogP contribution < -0.4 is 21.7 Å². The van der Waals surface area contributed by atoms with E-state index in [1.54, 1.807) is 33.7 Å². The van der Waals surface area contributed by atoms with Gasteiger partial charge in [0, 0.05) is 48.5 Å². The molecule has 0 saturated heterocycles. The Kier molecular flexibility index (Phi) is 7.34. The number of aromatic carboxylic acids is 1. The van der Waals surface area contributed by atoms with Gasteiger partial charge in [-0.1, -0.05) is 0 Å². The van der Waals surface area contributed by atoms with Crippen LogP contribution >= 0.6 is 0 Å². The zero-order chi connectivity index (χ0) is 30.0. The van der Waals surface area contributed by atoms with Crippen LogP contribution in [0.15, 0.2) is 95.2 Å². The average Bonchev–Trinajstić information content (AvgIpc) is 3.60. The number of nitrogens with two attached hydrogens (primary N) is 1. The molecule has 12 nitrogen and oxygen atoms in total. The standard InChI is InChI=1S/C17H14FN5O.C11H7FN2O4/c1-22-9-12(8-21-22)11-6-17(15-4-5-20-23(15)10-11)24-16-3-2-13(19)7-14(16)18;12-6-1-3-7(4-2-6)14-9(15)8(10(16)17)5-13-11(14)18/h2-10H,19H2,1H3;1-5H,(H,13,18)(H,16,17). The minimum absolute atomic E-state index is 0.0887. The summed E-state index contributed by atoms with van der Waals surface area (Å²) in [5.74, 6) is -1.89. The van der Waals surface area contributed by atoms with Crippen molar-refractivity contribution in [3.05, 3.63) is 124 Å². The smallest absolute Gasteiger partial charge is 0.342 e. The molecule has 0 atom stereocenters. The number of aromatic nitrogens is 6. The maximum absolute atomic E-state index is 14.0. The Morgan fingerprint density at radius 2 is 1.74 bits per heavy atom. The predicted octanol–water partition coefficient (Wildman–Crippen LogP) is 3.61. The van der Waals surface area contributed by atoms with E-state index < -0.39 is 34.4 Å². The highest BCUT2D eigenvalue weighted by Crippen LogP contribution is 2.32. The number of rotatable bonds is 5. The number of benzene rings is 2. The highest BCUT2D eigenvalue weighted by atomic mass is 19.1. The second kappa shape index (κ2) is 11.2. The molecule has 0 spiro atoms. The molecule has 0 unspecified atom stereocenters. The number of H-pyrrole nitrogens is 1. The van der Waals surface area contributed by atoms with Crippen molar-refractivity contribution in [2.45, 2.75) is 0 Å². The summed E-state index contributed by atoms with van der Waals surface area (Å²) in [6.45, 7) is 0. The number of carbonyl (C=O) groups is 1. The molecule has 0 radical (unpaired) electrons. The van der Waals surface area contributed by atoms with E-state index in [0.29, 0.717) is 16.0 Å². The fourth-order valence-electron chi connectivity index (χ4n) is 3.98. The van der Waals surface area contributed by atoms with Crippen molar-refractivity contribution in [1.82, 2.24) is 28.9 Å². The summed E-state index contributed by atoms with van der Waals surface area (Å²) in [7, 11) is 1.84. The highest BCUT2D eigenvalue weighted by molar-refractivity contribution is 5.86. The number of anilines is 1. The van der Waals surface area contributed by atoms with E-state index >= 15 is 0 Å². The second-order valence-electron chi connectivity index (χ2n) is 8.88. The molecule has 42 heavy (non-hydrogen) atoms. The number of aromatic amines is 1. The lowest BCUT2D eigenvalue weighted by Crippen LogP contribution is -2.36. The number of nitrogens with one attached hydrogen (secondary N) is 1. The Labute approximate surface area is 234 Å². The van der Waals surface area contributed by atoms with E-state index in [-0.39, 0.29) is 11.4 Å². The molecule has 212 valence electrons. The third kappa shape index (κ3) is 5.62. The SMILES string of the molecule is Cn1cc(-c2cc(Oc3ccc(N)cc3F)c3ccnn3c2)cn1.O=C(O)c1c[nH]c(=O)n(-c2ccc(F)cc2)c1=O. The number of nitrogen functional groups attached to an aromatic ring is 1. The topological polar surface area (TPSA) is 163 Å². The summed E-state index contributed by atoms with van der Waals surface area (Å²) in [4.78, 5) is 36.2. The van der Waals surface area contributed by atoms with Crippen LogP contribution in [0.2, 0.25) is 0 Å². The van der Waals surface area contributed by atoms with Crippen molar-refractivity contribution in [3.63, 3.8) is 0 Å². The lowest BCUT2D eigenvalue weighted by Gasteiger charge is -2.10. The summed E-state index contributed by atoms with van der Waals surface area (Å²) in [6.07, 6.45) is 8.00. The molecule has 4 N–H and O–H groups in total. The number of hydrogen-bond acceptors (Lipinski definition) is 7. The molecule has 6 rings (SSSR count). The van der Waals surface area contributed by atoms with Crippen molar-refractivity contribution in [3.8, 4) is 28.3 Å². The first-order valence-corrected chi connectivity index (χ1v) is 12.1. The van der Waals surface area contributed by atoms with Gasteiger partial charge in [0.25, 0.3) is 5.56 Å². The van der Waals surface area contributed by atoms with E-state index in [9.17, 15) is 23.2 Å². The van der Waals surface area contributed by atoms with Crippen LogP contribution in [0.4, 0.5) is 14.5 Å². The molecule has 4 heterocycles. The molecule has 4 aromatic heterocycles. The quantitative estimate of drug-likeness (QED) is 0.264. The number of ether oxygens (including phenoxy) is 1. The van der Waals surface area contributed by atoms with Gasteiger partial charge in [-0.25, -0.2) is 27.5 Å². The van der Waals surface area contributed by atoms with E-state index in [4.69, 9.17) is 15.6 Å². The van der Waals surface area contributed by atoms with Crippen LogP contribution in [0.3, 0.4) is 0 Å². The first kappa shape index (κ1) is 27.5. The van der Waals surface area contributed by atoms with E-state index in [0.717, 1.165) is 35.0 Å². The summed E-state index contributed by atoms with van der Waals surface area (Å²) >= 11 is 0. The number of fused-ring (bicyclic) bond motifs is 1. The molecule has 0 aliphatic heterocycles. The average molecular weight is 574 g/mol. The van der Waals surface area contributed by atoms with Crippen LogP contribution in [-0.4, -0.2) is 40.0 Å². The monoisotopic (exact) mass is 573 g/mol. The number of pyridine rings is 1. The van der Waals surface area contributed by atoms with Crippen molar-refractivity contribution < 1.29 is 23.4 Å². The van der Waals surface area contributed by atoms with Crippen LogP contribution in [-0.2, 0) is 7.05 Å². The zero-order valence-electron chi connectivity index (χ0n) is 21.7. The molecule has 14 heteroatoms. The molecule has 6 aromatic rings. The third-order valence-corrected chi connectivity index (χ3v) is 5.98. The highest BCUT2D eigenvalue weighted by Gasteiger charge is 2.15. The number of halogens is 2. The largest absolute Gasteiger partial charge is 0.477 e. The van der Waals surface area contributed by atoms with Crippen molar-refractivity contribution in [2.75, 3.05) is 5.73 Å². The summed E-state index contributed by atoms with van der Waals surface area (Å²) in [5, 5.41) is 17.2. The maximum Gasteiger partial charge on any atom is 0.342 e. The molecular weight excluding hydrogens is 552 g/mol. The Balaban J connectivity index is 0.000000176. The third-order valence-electron chi connectivity index (χ3n) is 5.98. The number of carboxylic acids is 1. The van der Waals surface area contributed by atoms with Crippen molar-refractivity contribution in [2.24, 2.45) is 7.05 Å². The zero-order valence-corrected chi connectivity index (χ0v) is 21.7. The van der Waals surface area contributed by atoms with Crippen molar-refractivity contribution in [1.29, 1.82) is 0 Å². The molecule has 0 aliphatic carbocycles. The van der Waals surface area contributed by atoms with Gasteiger partial charge in [0.2, 0.25) is 0 Å². The van der Waals surface area contributed by atoms with Gasteiger partial charge in [-0.2, -0.15) is 10.2 Å². The summed E-state index contributed by atoms with van der Waals surface area (Å²) in [5.41, 5.74) is 6.19. The van der Waals surface area contributed by atoms with Gasteiger partial charge in [-0.15, -0.1) is 0 Å². The minimum Gasteiger partial charge on any atom is -0.477 e. The minimum atomic E-state index is -1.45. The molecule has 0 aliphatic rings. The molecule has 0 bridgehead atoms. The van der Waals surface area contributed by atoms with E-state index in [2.05, 4.69) is 15.2 Å². The second-order valence-corrected chi connectivity index (χ2v) is 8.88. The van der Waals surface area contributed by atoms with E-state index in [1.165, 1.54) is 24.3 Å². The fourth-order valence-corrected chi connectivity index (χ4v) is 3.98. The number of carboxylic acid groups (broad SMARTS) is 1. The Hall–Kier alpha value is -6.05. The van der Waals surface area contributed by atoms with Crippen LogP contribution in [0.25, 0.3) is 22.3 Å². The lowest BCUT2D eigenvalue weighted by molar-refractivity contribution is 0.0694. The number of hydrogen-bond donors (Lipinski definition) is 3. The number of aryl methyl sites for hydroxylation is 1. The number of nitrogens with zero attached hydrogens (tertiary/aromatic N) is 5. The van der Waals surface area contributed by atoms with Crippen LogP contribution in [0.5, 0.6) is 11.5 Å². The van der Waals surface area contributed by atoms with Crippen LogP contribution in [0.1, 0.15) is 10.4 Å². The van der Waals surface area contributed by atoms with Crippen molar-refractivity contribution >= 4 is 17.2 Å². The molecule has 0 fully saturated rings. The first-order valence-electron chi connectivity index (χ1n) is 12.1. The Morgan fingerprint density at radius 1 is 0.976 bits per heavy atom. The molecule has 0 saturated carbocycles. The van der Waals surface area contributed by atoms with Gasteiger partial charge in [-0.3, -0.25) is 9.48 Å². The first-order chi connectivity index (χ1) is 20.1. The predicted molar refractivity (Wildman–Crippen MR) is 148 cm³/mol. The lowest BCUT2D eigenvalue weighted by atomic mass is 10.1.